The first-order chi connectivity index (χ1) is 20.5. The van der Waals surface area contributed by atoms with E-state index in [0.717, 1.165) is 57.6 Å². The molecule has 230 valence electrons. The van der Waals surface area contributed by atoms with Gasteiger partial charge < -0.3 is 15.0 Å². The number of nitrogens with zero attached hydrogens (tertiary/aromatic N) is 2. The maximum absolute atomic E-state index is 14.3. The van der Waals surface area contributed by atoms with Gasteiger partial charge in [0.05, 0.1) is 17.7 Å². The van der Waals surface area contributed by atoms with Gasteiger partial charge in [0, 0.05) is 17.1 Å². The van der Waals surface area contributed by atoms with Gasteiger partial charge in [0.1, 0.15) is 18.3 Å². The van der Waals surface area contributed by atoms with Crippen molar-refractivity contribution in [1.29, 1.82) is 0 Å². The average Bonchev–Trinajstić information content (AvgIpc) is 2.99. The second kappa shape index (κ2) is 14.4. The quantitative estimate of drug-likeness (QED) is 0.265. The summed E-state index contributed by atoms with van der Waals surface area (Å²) >= 11 is 3.49. The van der Waals surface area contributed by atoms with E-state index < -0.39 is 28.5 Å². The lowest BCUT2D eigenvalue weighted by atomic mass is 9.95. The van der Waals surface area contributed by atoms with Crippen molar-refractivity contribution >= 4 is 43.5 Å². The van der Waals surface area contributed by atoms with Crippen LogP contribution in [0.3, 0.4) is 0 Å². The Morgan fingerprint density at radius 2 is 1.65 bits per heavy atom. The Balaban J connectivity index is 1.73. The molecule has 10 heteroatoms. The van der Waals surface area contributed by atoms with E-state index >= 15 is 0 Å². The zero-order chi connectivity index (χ0) is 31.1. The van der Waals surface area contributed by atoms with Crippen molar-refractivity contribution in [2.45, 2.75) is 76.4 Å². The van der Waals surface area contributed by atoms with Gasteiger partial charge in [-0.2, -0.15) is 0 Å². The van der Waals surface area contributed by atoms with Crippen LogP contribution in [-0.2, 0) is 26.2 Å². The number of amides is 2. The molecule has 1 aliphatic rings. The van der Waals surface area contributed by atoms with Gasteiger partial charge in [-0.15, -0.1) is 0 Å². The highest BCUT2D eigenvalue weighted by atomic mass is 79.9. The first kappa shape index (κ1) is 32.5. The van der Waals surface area contributed by atoms with Crippen molar-refractivity contribution < 1.29 is 22.7 Å². The van der Waals surface area contributed by atoms with E-state index in [1.54, 1.807) is 31.2 Å². The Hall–Kier alpha value is -3.37. The van der Waals surface area contributed by atoms with Gasteiger partial charge in [0.25, 0.3) is 10.0 Å². The highest BCUT2D eigenvalue weighted by molar-refractivity contribution is 9.10. The van der Waals surface area contributed by atoms with Crippen molar-refractivity contribution in [3.63, 3.8) is 0 Å². The number of hydrogen-bond acceptors (Lipinski definition) is 5. The number of sulfonamides is 1. The van der Waals surface area contributed by atoms with Crippen LogP contribution in [0.1, 0.15) is 55.7 Å². The third-order valence-corrected chi connectivity index (χ3v) is 10.1. The van der Waals surface area contributed by atoms with Gasteiger partial charge in [-0.1, -0.05) is 71.1 Å². The van der Waals surface area contributed by atoms with Crippen molar-refractivity contribution in [2.75, 3.05) is 18.0 Å². The maximum Gasteiger partial charge on any atom is 0.264 e. The minimum absolute atomic E-state index is 0.0519. The Morgan fingerprint density at radius 3 is 2.30 bits per heavy atom. The molecule has 0 bridgehead atoms. The van der Waals surface area contributed by atoms with Crippen LogP contribution in [0.25, 0.3) is 0 Å². The zero-order valence-electron chi connectivity index (χ0n) is 25.2. The Kier molecular flexibility index (Phi) is 10.9. The van der Waals surface area contributed by atoms with Crippen LogP contribution in [0.4, 0.5) is 5.69 Å². The smallest absolute Gasteiger partial charge is 0.264 e. The van der Waals surface area contributed by atoms with Gasteiger partial charge in [-0.3, -0.25) is 13.9 Å². The number of anilines is 1. The monoisotopic (exact) mass is 669 g/mol. The van der Waals surface area contributed by atoms with Gasteiger partial charge in [-0.25, -0.2) is 8.42 Å². The molecule has 3 aromatic carbocycles. The summed E-state index contributed by atoms with van der Waals surface area (Å²) in [5.74, 6) is -0.447. The van der Waals surface area contributed by atoms with E-state index in [-0.39, 0.29) is 29.1 Å². The molecule has 1 unspecified atom stereocenters. The Morgan fingerprint density at radius 1 is 0.977 bits per heavy atom. The minimum atomic E-state index is -4.20. The van der Waals surface area contributed by atoms with Gasteiger partial charge in [0.2, 0.25) is 11.8 Å². The number of ether oxygens (including phenoxy) is 1. The lowest BCUT2D eigenvalue weighted by Gasteiger charge is -2.33. The van der Waals surface area contributed by atoms with Crippen LogP contribution in [0.5, 0.6) is 5.75 Å². The predicted octanol–water partition coefficient (Wildman–Crippen LogP) is 6.14. The number of carbonyl (C=O) groups is 2. The van der Waals surface area contributed by atoms with Crippen LogP contribution in [0, 0.1) is 13.8 Å². The van der Waals surface area contributed by atoms with Crippen molar-refractivity contribution in [3.05, 3.63) is 87.9 Å². The van der Waals surface area contributed by atoms with Crippen molar-refractivity contribution in [3.8, 4) is 5.75 Å². The second-order valence-corrected chi connectivity index (χ2v) is 13.9. The van der Waals surface area contributed by atoms with E-state index in [1.807, 2.05) is 44.2 Å². The van der Waals surface area contributed by atoms with Crippen LogP contribution in [-0.4, -0.2) is 50.9 Å². The number of benzene rings is 3. The summed E-state index contributed by atoms with van der Waals surface area (Å²) < 4.78 is 35.8. The fourth-order valence-electron chi connectivity index (χ4n) is 5.33. The fraction of sp³-hybridized carbons (Fsp3) is 0.394. The lowest BCUT2D eigenvalue weighted by Crippen LogP contribution is -2.53. The van der Waals surface area contributed by atoms with Gasteiger partial charge in [-0.05, 0) is 81.1 Å². The number of methoxy groups -OCH3 is 1. The molecule has 0 aromatic heterocycles. The van der Waals surface area contributed by atoms with Gasteiger partial charge in [0.15, 0.2) is 0 Å². The minimum Gasteiger partial charge on any atom is -0.495 e. The molecule has 1 fully saturated rings. The molecule has 3 aromatic rings. The normalized spacial score (nSPS) is 14.5. The third kappa shape index (κ3) is 8.17. The number of aryl methyl sites for hydroxylation is 2. The number of halogens is 1. The molecule has 1 atom stereocenters. The summed E-state index contributed by atoms with van der Waals surface area (Å²) in [7, 11) is -2.74. The molecule has 4 rings (SSSR count). The SMILES string of the molecule is COc1ccc(C)cc1N(CC(=O)N(Cc1cccc(Br)c1)C(C)C(=O)NC1CCCCC1)S(=O)(=O)c1ccc(C)cc1. The van der Waals surface area contributed by atoms with Crippen molar-refractivity contribution in [1.82, 2.24) is 10.2 Å². The summed E-state index contributed by atoms with van der Waals surface area (Å²) in [4.78, 5) is 29.3. The Bertz CT molecular complexity index is 1540. The van der Waals surface area contributed by atoms with Gasteiger partial charge >= 0.3 is 0 Å². The highest BCUT2D eigenvalue weighted by Gasteiger charge is 2.34. The number of hydrogen-bond donors (Lipinski definition) is 1. The predicted molar refractivity (Wildman–Crippen MR) is 173 cm³/mol. The summed E-state index contributed by atoms with van der Waals surface area (Å²) in [5, 5.41) is 3.13. The van der Waals surface area contributed by atoms with Crippen molar-refractivity contribution in [2.24, 2.45) is 0 Å². The van der Waals surface area contributed by atoms with E-state index in [4.69, 9.17) is 4.74 Å². The number of nitrogens with one attached hydrogen (secondary N) is 1. The third-order valence-electron chi connectivity index (χ3n) is 7.85. The number of rotatable bonds is 11. The van der Waals surface area contributed by atoms with Crippen LogP contribution >= 0.6 is 15.9 Å². The summed E-state index contributed by atoms with van der Waals surface area (Å²) in [6.07, 6.45) is 5.10. The lowest BCUT2D eigenvalue weighted by molar-refractivity contribution is -0.139. The second-order valence-electron chi connectivity index (χ2n) is 11.2. The molecule has 0 radical (unpaired) electrons. The van der Waals surface area contributed by atoms with Crippen LogP contribution in [0.2, 0.25) is 0 Å². The van der Waals surface area contributed by atoms with E-state index in [1.165, 1.54) is 24.1 Å². The molecule has 0 spiro atoms. The molecule has 0 aliphatic heterocycles. The Labute approximate surface area is 263 Å². The molecule has 1 aliphatic carbocycles. The molecule has 0 heterocycles. The summed E-state index contributed by atoms with van der Waals surface area (Å²) in [6, 6.07) is 18.4. The molecule has 8 nitrogen and oxygen atoms in total. The molecule has 2 amide bonds. The molecular formula is C33H40BrN3O5S. The van der Waals surface area contributed by atoms with Crippen LogP contribution in [0.15, 0.2) is 76.1 Å². The molecular weight excluding hydrogens is 630 g/mol. The first-order valence-electron chi connectivity index (χ1n) is 14.6. The first-order valence-corrected chi connectivity index (χ1v) is 16.8. The molecule has 0 saturated heterocycles. The maximum atomic E-state index is 14.3. The molecule has 43 heavy (non-hydrogen) atoms. The molecule has 1 N–H and O–H groups in total. The topological polar surface area (TPSA) is 96.0 Å². The van der Waals surface area contributed by atoms with E-state index in [2.05, 4.69) is 21.2 Å². The molecule has 1 saturated carbocycles. The number of carbonyl (C=O) groups excluding carboxylic acids is 2. The highest BCUT2D eigenvalue weighted by Crippen LogP contribution is 2.34. The zero-order valence-corrected chi connectivity index (χ0v) is 27.6. The largest absolute Gasteiger partial charge is 0.495 e. The standard InChI is InChI=1S/C33H40BrN3O5S/c1-23-13-16-29(17-14-23)43(40,41)37(30-19-24(2)15-18-31(30)42-4)22-32(38)36(21-26-9-8-10-27(34)20-26)25(3)33(39)35-28-11-6-5-7-12-28/h8-10,13-20,25,28H,5-7,11-12,21-22H2,1-4H3,(H,35,39). The van der Waals surface area contributed by atoms with E-state index in [0.29, 0.717) is 5.75 Å². The average molecular weight is 671 g/mol. The van der Waals surface area contributed by atoms with Crippen LogP contribution < -0.4 is 14.4 Å². The summed E-state index contributed by atoms with van der Waals surface area (Å²) in [5.41, 5.74) is 2.77. The summed E-state index contributed by atoms with van der Waals surface area (Å²) in [6.45, 7) is 5.02. The fourth-order valence-corrected chi connectivity index (χ4v) is 7.19. The van der Waals surface area contributed by atoms with E-state index in [9.17, 15) is 18.0 Å².